The third-order valence-corrected chi connectivity index (χ3v) is 3.72. The Morgan fingerprint density at radius 2 is 1.95 bits per heavy atom. The molecule has 0 amide bonds. The highest BCUT2D eigenvalue weighted by Gasteiger charge is 2.28. The number of ketones is 1. The molecule has 5 heteroatoms. The van der Waals surface area contributed by atoms with E-state index < -0.39 is 11.9 Å². The molecule has 0 N–H and O–H groups in total. The molecule has 0 radical (unpaired) electrons. The first-order valence-corrected chi connectivity index (χ1v) is 6.74. The minimum atomic E-state index is -0.496. The van der Waals surface area contributed by atoms with E-state index >= 15 is 0 Å². The summed E-state index contributed by atoms with van der Waals surface area (Å²) in [5.74, 6) is -0.0694. The van der Waals surface area contributed by atoms with Crippen LogP contribution < -0.4 is 4.74 Å². The molecular formula is C15H9Cl2FO2. The molecular weight excluding hydrogens is 302 g/mol. The van der Waals surface area contributed by atoms with Gasteiger partial charge in [-0.3, -0.25) is 4.79 Å². The molecule has 2 nitrogen and oxygen atoms in total. The lowest BCUT2D eigenvalue weighted by atomic mass is 9.96. The number of carbonyl (C=O) groups excluding carboxylic acids is 1. The highest BCUT2D eigenvalue weighted by atomic mass is 35.5. The molecule has 0 bridgehead atoms. The van der Waals surface area contributed by atoms with Gasteiger partial charge in [0.25, 0.3) is 0 Å². The number of benzene rings is 2. The van der Waals surface area contributed by atoms with E-state index in [4.69, 9.17) is 27.9 Å². The van der Waals surface area contributed by atoms with E-state index in [9.17, 15) is 9.18 Å². The zero-order chi connectivity index (χ0) is 14.3. The molecule has 0 aliphatic carbocycles. The van der Waals surface area contributed by atoms with Crippen LogP contribution in [0.25, 0.3) is 0 Å². The number of rotatable bonds is 1. The molecule has 0 saturated heterocycles. The normalized spacial score (nSPS) is 17.6. The highest BCUT2D eigenvalue weighted by molar-refractivity contribution is 6.31. The minimum Gasteiger partial charge on any atom is -0.484 e. The van der Waals surface area contributed by atoms with Gasteiger partial charge in [0.2, 0.25) is 0 Å². The van der Waals surface area contributed by atoms with Crippen LogP contribution in [0.2, 0.25) is 10.0 Å². The van der Waals surface area contributed by atoms with Gasteiger partial charge in [0, 0.05) is 5.02 Å². The van der Waals surface area contributed by atoms with Crippen molar-refractivity contribution in [1.29, 1.82) is 0 Å². The first-order chi connectivity index (χ1) is 9.54. The predicted molar refractivity (Wildman–Crippen MR) is 75.2 cm³/mol. The molecule has 0 fully saturated rings. The Balaban J connectivity index is 1.97. The van der Waals surface area contributed by atoms with Gasteiger partial charge in [-0.1, -0.05) is 29.3 Å². The zero-order valence-corrected chi connectivity index (χ0v) is 11.7. The monoisotopic (exact) mass is 310 g/mol. The quantitative estimate of drug-likeness (QED) is 0.753. The molecule has 0 spiro atoms. The number of Topliss-reactive ketones (excluding diaryl/α,β-unsaturated/α-hetero) is 1. The summed E-state index contributed by atoms with van der Waals surface area (Å²) in [4.78, 5) is 12.1. The average Bonchev–Trinajstić information content (AvgIpc) is 2.42. The molecule has 0 aromatic heterocycles. The molecule has 1 aliphatic heterocycles. The topological polar surface area (TPSA) is 26.3 Å². The SMILES string of the molecule is O=C1CC(c2ccc(F)c(Cl)c2)Oc2ccc(Cl)cc21. The van der Waals surface area contributed by atoms with Crippen molar-refractivity contribution in [2.75, 3.05) is 0 Å². The van der Waals surface area contributed by atoms with Gasteiger partial charge in [-0.15, -0.1) is 0 Å². The van der Waals surface area contributed by atoms with Crippen LogP contribution in [0.3, 0.4) is 0 Å². The van der Waals surface area contributed by atoms with Crippen molar-refractivity contribution in [2.24, 2.45) is 0 Å². The summed E-state index contributed by atoms with van der Waals surface area (Å²) in [5.41, 5.74) is 1.15. The fourth-order valence-electron chi connectivity index (χ4n) is 2.19. The maximum Gasteiger partial charge on any atom is 0.170 e. The first kappa shape index (κ1) is 13.4. The van der Waals surface area contributed by atoms with Crippen LogP contribution >= 0.6 is 23.2 Å². The average molecular weight is 311 g/mol. The van der Waals surface area contributed by atoms with Crippen LogP contribution in [0.15, 0.2) is 36.4 Å². The van der Waals surface area contributed by atoms with Crippen molar-refractivity contribution in [1.82, 2.24) is 0 Å². The maximum absolute atomic E-state index is 13.2. The number of hydrogen-bond acceptors (Lipinski definition) is 2. The van der Waals surface area contributed by atoms with Gasteiger partial charge < -0.3 is 4.74 Å². The van der Waals surface area contributed by atoms with E-state index in [2.05, 4.69) is 0 Å². The van der Waals surface area contributed by atoms with E-state index in [1.54, 1.807) is 24.3 Å². The second kappa shape index (κ2) is 5.08. The molecule has 1 aliphatic rings. The van der Waals surface area contributed by atoms with Crippen molar-refractivity contribution >= 4 is 29.0 Å². The molecule has 102 valence electrons. The fraction of sp³-hybridized carbons (Fsp3) is 0.133. The predicted octanol–water partition coefficient (Wildman–Crippen LogP) is 4.84. The summed E-state index contributed by atoms with van der Waals surface area (Å²) in [5, 5.41) is 0.504. The summed E-state index contributed by atoms with van der Waals surface area (Å²) >= 11 is 11.6. The second-order valence-corrected chi connectivity index (χ2v) is 5.39. The minimum absolute atomic E-state index is 0.0143. The Labute approximate surface area is 125 Å². The van der Waals surface area contributed by atoms with Crippen LogP contribution in [0.5, 0.6) is 5.75 Å². The van der Waals surface area contributed by atoms with Gasteiger partial charge in [0.15, 0.2) is 5.78 Å². The van der Waals surface area contributed by atoms with Gasteiger partial charge in [0.05, 0.1) is 17.0 Å². The fourth-order valence-corrected chi connectivity index (χ4v) is 2.56. The van der Waals surface area contributed by atoms with Gasteiger partial charge >= 0.3 is 0 Å². The summed E-state index contributed by atoms with van der Waals surface area (Å²) < 4.78 is 18.9. The van der Waals surface area contributed by atoms with Gasteiger partial charge in [0.1, 0.15) is 17.7 Å². The van der Waals surface area contributed by atoms with Gasteiger partial charge in [-0.2, -0.15) is 0 Å². The molecule has 2 aromatic rings. The van der Waals surface area contributed by atoms with Gasteiger partial charge in [-0.05, 0) is 35.9 Å². The van der Waals surface area contributed by atoms with Crippen molar-refractivity contribution in [3.05, 3.63) is 63.4 Å². The molecule has 3 rings (SSSR count). The van der Waals surface area contributed by atoms with E-state index in [1.165, 1.54) is 12.1 Å². The van der Waals surface area contributed by atoms with Crippen LogP contribution in [-0.4, -0.2) is 5.78 Å². The largest absolute Gasteiger partial charge is 0.484 e. The maximum atomic E-state index is 13.2. The standard InChI is InChI=1S/C15H9Cl2FO2/c16-9-2-4-14-10(6-9)13(19)7-15(20-14)8-1-3-12(18)11(17)5-8/h1-6,15H,7H2. The second-order valence-electron chi connectivity index (χ2n) is 4.55. The zero-order valence-electron chi connectivity index (χ0n) is 10.2. The lowest BCUT2D eigenvalue weighted by Crippen LogP contribution is -2.20. The molecule has 1 atom stereocenters. The van der Waals surface area contributed by atoms with Crippen LogP contribution in [0.4, 0.5) is 4.39 Å². The Hall–Kier alpha value is -1.58. The van der Waals surface area contributed by atoms with Crippen LogP contribution in [-0.2, 0) is 0 Å². The molecule has 0 saturated carbocycles. The summed E-state index contributed by atoms with van der Waals surface area (Å²) in [6.07, 6.45) is -0.288. The Morgan fingerprint density at radius 3 is 2.70 bits per heavy atom. The number of ether oxygens (including phenoxy) is 1. The van der Waals surface area contributed by atoms with Crippen molar-refractivity contribution in [2.45, 2.75) is 12.5 Å². The molecule has 20 heavy (non-hydrogen) atoms. The Kier molecular flexibility index (Phi) is 3.40. The summed E-state index contributed by atoms with van der Waals surface area (Å²) in [7, 11) is 0. The van der Waals surface area contributed by atoms with Crippen LogP contribution in [0, 0.1) is 5.82 Å². The van der Waals surface area contributed by atoms with E-state index in [-0.39, 0.29) is 17.2 Å². The summed E-state index contributed by atoms with van der Waals surface area (Å²) in [6, 6.07) is 9.23. The lowest BCUT2D eigenvalue weighted by molar-refractivity contribution is 0.0850. The Morgan fingerprint density at radius 1 is 1.15 bits per heavy atom. The number of hydrogen-bond donors (Lipinski definition) is 0. The number of halogens is 3. The molecule has 1 heterocycles. The third kappa shape index (κ3) is 2.39. The number of carbonyl (C=O) groups is 1. The first-order valence-electron chi connectivity index (χ1n) is 5.99. The van der Waals surface area contributed by atoms with Crippen molar-refractivity contribution in [3.8, 4) is 5.75 Å². The number of fused-ring (bicyclic) bond motifs is 1. The van der Waals surface area contributed by atoms with E-state index in [1.807, 2.05) is 0 Å². The summed E-state index contributed by atoms with van der Waals surface area (Å²) in [6.45, 7) is 0. The lowest BCUT2D eigenvalue weighted by Gasteiger charge is -2.25. The third-order valence-electron chi connectivity index (χ3n) is 3.20. The Bertz CT molecular complexity index is 700. The van der Waals surface area contributed by atoms with Crippen molar-refractivity contribution < 1.29 is 13.9 Å². The van der Waals surface area contributed by atoms with E-state index in [0.29, 0.717) is 21.9 Å². The van der Waals surface area contributed by atoms with Crippen molar-refractivity contribution in [3.63, 3.8) is 0 Å². The molecule has 2 aromatic carbocycles. The van der Waals surface area contributed by atoms with E-state index in [0.717, 1.165) is 0 Å². The smallest absolute Gasteiger partial charge is 0.170 e. The molecule has 1 unspecified atom stereocenters. The van der Waals surface area contributed by atoms with Crippen LogP contribution in [0.1, 0.15) is 28.4 Å². The highest BCUT2D eigenvalue weighted by Crippen LogP contribution is 2.36. The van der Waals surface area contributed by atoms with Gasteiger partial charge in [-0.25, -0.2) is 4.39 Å².